The predicted octanol–water partition coefficient (Wildman–Crippen LogP) is 2.34. The van der Waals surface area contributed by atoms with E-state index in [0.29, 0.717) is 17.7 Å². The molecule has 3 aromatic heterocycles. The van der Waals surface area contributed by atoms with Crippen LogP contribution in [0.4, 0.5) is 0 Å². The van der Waals surface area contributed by atoms with Gasteiger partial charge in [0.15, 0.2) is 5.65 Å². The molecule has 4 aromatic rings. The molecule has 0 saturated heterocycles. The number of hydrogen-bond acceptors (Lipinski definition) is 4. The van der Waals surface area contributed by atoms with Gasteiger partial charge in [0.1, 0.15) is 12.1 Å². The predicted molar refractivity (Wildman–Crippen MR) is 111 cm³/mol. The van der Waals surface area contributed by atoms with Crippen LogP contribution in [0.25, 0.3) is 22.4 Å². The van der Waals surface area contributed by atoms with Crippen LogP contribution in [-0.4, -0.2) is 36.2 Å². The molecular weight excluding hydrogens is 368 g/mol. The van der Waals surface area contributed by atoms with Gasteiger partial charge in [-0.1, -0.05) is 25.5 Å². The number of aryl methyl sites for hydroxylation is 2. The van der Waals surface area contributed by atoms with Crippen molar-refractivity contribution < 1.29 is 4.79 Å². The summed E-state index contributed by atoms with van der Waals surface area (Å²) in [4.78, 5) is 24.7. The van der Waals surface area contributed by atoms with E-state index < -0.39 is 0 Å². The van der Waals surface area contributed by atoms with Crippen LogP contribution in [0.15, 0.2) is 41.5 Å². The number of nitrogens with zero attached hydrogens (tertiary/aromatic N) is 5. The van der Waals surface area contributed by atoms with Crippen LogP contribution in [0.2, 0.25) is 0 Å². The second-order valence-corrected chi connectivity index (χ2v) is 7.29. The molecule has 0 aliphatic rings. The molecule has 29 heavy (non-hydrogen) atoms. The standard InChI is InChI=1S/C21H24N6O2/c1-4-5-8-22-19(28)13-27-21(29)25-9-10-26-18(20(25)24-27)12-17(23-26)16-7-6-14(2)15(3)11-16/h6-7,9-12H,4-5,8,13H2,1-3H3,(H,22,28). The molecule has 0 unspecified atom stereocenters. The Hall–Kier alpha value is -3.42. The average Bonchev–Trinajstić information content (AvgIpc) is 3.26. The summed E-state index contributed by atoms with van der Waals surface area (Å²) in [6.07, 6.45) is 5.25. The zero-order valence-corrected chi connectivity index (χ0v) is 16.8. The van der Waals surface area contributed by atoms with Crippen LogP contribution in [0.1, 0.15) is 30.9 Å². The van der Waals surface area contributed by atoms with Crippen LogP contribution in [0.5, 0.6) is 0 Å². The highest BCUT2D eigenvalue weighted by Crippen LogP contribution is 2.23. The van der Waals surface area contributed by atoms with Gasteiger partial charge in [-0.25, -0.2) is 18.4 Å². The fourth-order valence-corrected chi connectivity index (χ4v) is 3.28. The third kappa shape index (κ3) is 3.53. The van der Waals surface area contributed by atoms with Gasteiger partial charge in [-0.05, 0) is 43.5 Å². The molecule has 0 bridgehead atoms. The Morgan fingerprint density at radius 3 is 2.69 bits per heavy atom. The van der Waals surface area contributed by atoms with E-state index in [4.69, 9.17) is 0 Å². The third-order valence-corrected chi connectivity index (χ3v) is 5.14. The van der Waals surface area contributed by atoms with E-state index in [1.807, 2.05) is 12.1 Å². The quantitative estimate of drug-likeness (QED) is 0.511. The van der Waals surface area contributed by atoms with Crippen LogP contribution < -0.4 is 11.0 Å². The average molecular weight is 392 g/mol. The van der Waals surface area contributed by atoms with Crippen molar-refractivity contribution in [3.63, 3.8) is 0 Å². The molecule has 0 aliphatic heterocycles. The number of carbonyl (C=O) groups excluding carboxylic acids is 1. The minimum Gasteiger partial charge on any atom is -0.354 e. The van der Waals surface area contributed by atoms with Crippen molar-refractivity contribution in [1.82, 2.24) is 29.1 Å². The number of fused-ring (bicyclic) bond motifs is 3. The summed E-state index contributed by atoms with van der Waals surface area (Å²) >= 11 is 0. The summed E-state index contributed by atoms with van der Waals surface area (Å²) < 4.78 is 4.35. The van der Waals surface area contributed by atoms with Gasteiger partial charge < -0.3 is 5.32 Å². The van der Waals surface area contributed by atoms with E-state index in [9.17, 15) is 9.59 Å². The van der Waals surface area contributed by atoms with Gasteiger partial charge in [-0.3, -0.25) is 4.79 Å². The molecule has 3 heterocycles. The summed E-state index contributed by atoms with van der Waals surface area (Å²) in [6.45, 7) is 6.70. The number of amides is 1. The molecule has 0 aliphatic carbocycles. The molecular formula is C21H24N6O2. The molecule has 1 aromatic carbocycles. The number of carbonyl (C=O) groups is 1. The van der Waals surface area contributed by atoms with E-state index in [2.05, 4.69) is 48.4 Å². The number of hydrogen-bond donors (Lipinski definition) is 1. The van der Waals surface area contributed by atoms with Gasteiger partial charge >= 0.3 is 5.69 Å². The lowest BCUT2D eigenvalue weighted by atomic mass is 10.0. The molecule has 0 radical (unpaired) electrons. The zero-order valence-electron chi connectivity index (χ0n) is 16.8. The maximum atomic E-state index is 12.7. The van der Waals surface area contributed by atoms with E-state index in [0.717, 1.165) is 24.1 Å². The minimum atomic E-state index is -0.345. The lowest BCUT2D eigenvalue weighted by Crippen LogP contribution is -2.33. The molecule has 150 valence electrons. The van der Waals surface area contributed by atoms with E-state index in [1.54, 1.807) is 16.9 Å². The van der Waals surface area contributed by atoms with Gasteiger partial charge in [-0.2, -0.15) is 5.10 Å². The van der Waals surface area contributed by atoms with E-state index in [-0.39, 0.29) is 18.1 Å². The Labute approximate surface area is 167 Å². The molecule has 4 rings (SSSR count). The van der Waals surface area contributed by atoms with Crippen molar-refractivity contribution >= 4 is 17.1 Å². The molecule has 1 N–H and O–H groups in total. The molecule has 8 heteroatoms. The maximum Gasteiger partial charge on any atom is 0.350 e. The molecule has 0 fully saturated rings. The first-order chi connectivity index (χ1) is 14.0. The molecule has 8 nitrogen and oxygen atoms in total. The summed E-state index contributed by atoms with van der Waals surface area (Å²) in [5.74, 6) is -0.218. The highest BCUT2D eigenvalue weighted by Gasteiger charge is 2.15. The first kappa shape index (κ1) is 18.9. The van der Waals surface area contributed by atoms with Crippen LogP contribution in [0.3, 0.4) is 0 Å². The molecule has 1 amide bonds. The summed E-state index contributed by atoms with van der Waals surface area (Å²) in [5.41, 5.74) is 5.07. The first-order valence-electron chi connectivity index (χ1n) is 9.80. The number of aromatic nitrogens is 5. The fourth-order valence-electron chi connectivity index (χ4n) is 3.28. The van der Waals surface area contributed by atoms with Crippen molar-refractivity contribution in [2.45, 2.75) is 40.2 Å². The lowest BCUT2D eigenvalue weighted by Gasteiger charge is -2.02. The van der Waals surface area contributed by atoms with Crippen molar-refractivity contribution in [1.29, 1.82) is 0 Å². The van der Waals surface area contributed by atoms with E-state index in [1.165, 1.54) is 20.2 Å². The Morgan fingerprint density at radius 2 is 1.93 bits per heavy atom. The largest absolute Gasteiger partial charge is 0.354 e. The molecule has 0 saturated carbocycles. The lowest BCUT2D eigenvalue weighted by molar-refractivity contribution is -0.121. The van der Waals surface area contributed by atoms with Gasteiger partial charge in [0, 0.05) is 24.5 Å². The number of rotatable bonds is 6. The number of unbranched alkanes of at least 4 members (excludes halogenated alkanes) is 1. The summed E-state index contributed by atoms with van der Waals surface area (Å²) in [5, 5.41) is 11.8. The van der Waals surface area contributed by atoms with Crippen molar-refractivity contribution in [2.75, 3.05) is 6.54 Å². The second kappa shape index (κ2) is 7.54. The Bertz CT molecular complexity index is 1260. The Balaban J connectivity index is 1.72. The highest BCUT2D eigenvalue weighted by atomic mass is 16.2. The second-order valence-electron chi connectivity index (χ2n) is 7.29. The fraction of sp³-hybridized carbons (Fsp3) is 0.333. The topological polar surface area (TPSA) is 85.7 Å². The van der Waals surface area contributed by atoms with Gasteiger partial charge in [0.05, 0.1) is 5.69 Å². The van der Waals surface area contributed by atoms with Crippen LogP contribution >= 0.6 is 0 Å². The smallest absolute Gasteiger partial charge is 0.350 e. The summed E-state index contributed by atoms with van der Waals surface area (Å²) in [7, 11) is 0. The first-order valence-corrected chi connectivity index (χ1v) is 9.80. The van der Waals surface area contributed by atoms with Crippen molar-refractivity contribution in [3.05, 3.63) is 58.3 Å². The molecule has 0 atom stereocenters. The minimum absolute atomic E-state index is 0.103. The Morgan fingerprint density at radius 1 is 1.10 bits per heavy atom. The normalized spacial score (nSPS) is 11.4. The zero-order chi connectivity index (χ0) is 20.5. The van der Waals surface area contributed by atoms with Gasteiger partial charge in [-0.15, -0.1) is 5.10 Å². The van der Waals surface area contributed by atoms with Crippen LogP contribution in [-0.2, 0) is 11.3 Å². The van der Waals surface area contributed by atoms with Crippen LogP contribution in [0, 0.1) is 13.8 Å². The monoisotopic (exact) mass is 392 g/mol. The maximum absolute atomic E-state index is 12.7. The highest BCUT2D eigenvalue weighted by molar-refractivity contribution is 5.78. The Kier molecular flexibility index (Phi) is 4.92. The summed E-state index contributed by atoms with van der Waals surface area (Å²) in [6, 6.07) is 8.12. The molecule has 0 spiro atoms. The third-order valence-electron chi connectivity index (χ3n) is 5.14. The SMILES string of the molecule is CCCCNC(=O)Cn1nc2c3cc(-c4ccc(C)c(C)c4)nn3ccn2c1=O. The van der Waals surface area contributed by atoms with Crippen molar-refractivity contribution in [3.8, 4) is 11.3 Å². The van der Waals surface area contributed by atoms with E-state index >= 15 is 0 Å². The van der Waals surface area contributed by atoms with Gasteiger partial charge in [0.25, 0.3) is 0 Å². The number of benzene rings is 1. The van der Waals surface area contributed by atoms with Crippen molar-refractivity contribution in [2.24, 2.45) is 0 Å². The van der Waals surface area contributed by atoms with Gasteiger partial charge in [0.2, 0.25) is 5.91 Å². The number of nitrogens with one attached hydrogen (secondary N) is 1.